The Balaban J connectivity index is 1.64. The Morgan fingerprint density at radius 1 is 1.25 bits per heavy atom. The van der Waals surface area contributed by atoms with Gasteiger partial charge in [-0.25, -0.2) is 0 Å². The fraction of sp³-hybridized carbons (Fsp3) is 0.333. The number of nitrogens with one attached hydrogen (secondary N) is 1. The molecule has 0 saturated carbocycles. The molecule has 2 heterocycles. The fourth-order valence-electron chi connectivity index (χ4n) is 2.71. The van der Waals surface area contributed by atoms with Crippen molar-refractivity contribution >= 4 is 28.8 Å². The number of hydrogen-bond acceptors (Lipinski definition) is 4. The standard InChI is InChI=1S/C18H20N2O3S/c1-12-8-9-20(11-15(12)21)18(23)13-4-6-14(7-5-13)19-17(22)16-3-2-10-24-16/h2-7,10,12,15,21H,8-9,11H2,1H3,(H,19,22). The second-order valence-corrected chi connectivity index (χ2v) is 7.04. The third-order valence-electron chi connectivity index (χ3n) is 4.34. The summed E-state index contributed by atoms with van der Waals surface area (Å²) in [5, 5.41) is 14.6. The van der Waals surface area contributed by atoms with Crippen molar-refractivity contribution < 1.29 is 14.7 Å². The van der Waals surface area contributed by atoms with Crippen molar-refractivity contribution in [2.45, 2.75) is 19.4 Å². The highest BCUT2D eigenvalue weighted by Gasteiger charge is 2.27. The highest BCUT2D eigenvalue weighted by molar-refractivity contribution is 7.12. The van der Waals surface area contributed by atoms with Crippen LogP contribution in [0.4, 0.5) is 5.69 Å². The molecule has 1 saturated heterocycles. The predicted molar refractivity (Wildman–Crippen MR) is 94.4 cm³/mol. The molecule has 2 amide bonds. The number of aliphatic hydroxyl groups excluding tert-OH is 1. The van der Waals surface area contributed by atoms with Crippen molar-refractivity contribution in [2.24, 2.45) is 5.92 Å². The molecule has 2 aromatic rings. The first kappa shape index (κ1) is 16.7. The maximum atomic E-state index is 12.5. The van der Waals surface area contributed by atoms with E-state index < -0.39 is 6.10 Å². The molecule has 1 aromatic heterocycles. The first-order chi connectivity index (χ1) is 11.5. The summed E-state index contributed by atoms with van der Waals surface area (Å²) < 4.78 is 0. The van der Waals surface area contributed by atoms with E-state index in [2.05, 4.69) is 5.32 Å². The Kier molecular flexibility index (Phi) is 4.97. The normalized spacial score (nSPS) is 20.7. The van der Waals surface area contributed by atoms with Gasteiger partial charge < -0.3 is 15.3 Å². The zero-order chi connectivity index (χ0) is 17.1. The Bertz CT molecular complexity index is 712. The van der Waals surface area contributed by atoms with Crippen LogP contribution in [0.15, 0.2) is 41.8 Å². The summed E-state index contributed by atoms with van der Waals surface area (Å²) in [5.74, 6) is -0.0156. The molecule has 0 radical (unpaired) electrons. The molecular formula is C18H20N2O3S. The molecule has 2 N–H and O–H groups in total. The van der Waals surface area contributed by atoms with Crippen LogP contribution in [0.25, 0.3) is 0 Å². The summed E-state index contributed by atoms with van der Waals surface area (Å²) in [4.78, 5) is 26.8. The molecule has 5 nitrogen and oxygen atoms in total. The molecule has 2 unspecified atom stereocenters. The van der Waals surface area contributed by atoms with E-state index in [-0.39, 0.29) is 17.7 Å². The number of rotatable bonds is 3. The zero-order valence-corrected chi connectivity index (χ0v) is 14.3. The van der Waals surface area contributed by atoms with E-state index in [4.69, 9.17) is 0 Å². The maximum absolute atomic E-state index is 12.5. The highest BCUT2D eigenvalue weighted by atomic mass is 32.1. The average molecular weight is 344 g/mol. The number of likely N-dealkylation sites (tertiary alicyclic amines) is 1. The van der Waals surface area contributed by atoms with Gasteiger partial charge in [-0.1, -0.05) is 13.0 Å². The molecule has 0 spiro atoms. The van der Waals surface area contributed by atoms with Gasteiger partial charge in [0.15, 0.2) is 0 Å². The summed E-state index contributed by atoms with van der Waals surface area (Å²) >= 11 is 1.38. The van der Waals surface area contributed by atoms with Gasteiger partial charge in [0.1, 0.15) is 0 Å². The van der Waals surface area contributed by atoms with Crippen LogP contribution in [0.3, 0.4) is 0 Å². The second-order valence-electron chi connectivity index (χ2n) is 6.09. The van der Waals surface area contributed by atoms with E-state index in [9.17, 15) is 14.7 Å². The van der Waals surface area contributed by atoms with Gasteiger partial charge >= 0.3 is 0 Å². The van der Waals surface area contributed by atoms with Crippen LogP contribution in [-0.4, -0.2) is 41.0 Å². The number of piperidine rings is 1. The van der Waals surface area contributed by atoms with Crippen LogP contribution in [0.5, 0.6) is 0 Å². The van der Waals surface area contributed by atoms with Gasteiger partial charge in [-0.15, -0.1) is 11.3 Å². The van der Waals surface area contributed by atoms with Gasteiger partial charge in [0.2, 0.25) is 0 Å². The molecule has 1 aliphatic rings. The Morgan fingerprint density at radius 3 is 2.62 bits per heavy atom. The summed E-state index contributed by atoms with van der Waals surface area (Å²) in [7, 11) is 0. The number of hydrogen-bond donors (Lipinski definition) is 2. The third kappa shape index (κ3) is 3.66. The van der Waals surface area contributed by atoms with E-state index in [0.29, 0.717) is 29.2 Å². The van der Waals surface area contributed by atoms with E-state index >= 15 is 0 Å². The number of β-amino-alcohol motifs (C(OH)–C–C–N with tert-alkyl or cyclic N) is 1. The van der Waals surface area contributed by atoms with Crippen molar-refractivity contribution in [3.8, 4) is 0 Å². The number of aliphatic hydroxyl groups is 1. The van der Waals surface area contributed by atoms with Crippen LogP contribution >= 0.6 is 11.3 Å². The fourth-order valence-corrected chi connectivity index (χ4v) is 3.33. The van der Waals surface area contributed by atoms with E-state index in [1.165, 1.54) is 11.3 Å². The van der Waals surface area contributed by atoms with Crippen LogP contribution in [0.1, 0.15) is 33.4 Å². The lowest BCUT2D eigenvalue weighted by Gasteiger charge is -2.34. The smallest absolute Gasteiger partial charge is 0.265 e. The quantitative estimate of drug-likeness (QED) is 0.899. The highest BCUT2D eigenvalue weighted by Crippen LogP contribution is 2.20. The molecule has 6 heteroatoms. The number of benzene rings is 1. The van der Waals surface area contributed by atoms with Crippen molar-refractivity contribution in [1.82, 2.24) is 4.90 Å². The van der Waals surface area contributed by atoms with Crippen LogP contribution in [0, 0.1) is 5.92 Å². The van der Waals surface area contributed by atoms with Crippen molar-refractivity contribution in [1.29, 1.82) is 0 Å². The van der Waals surface area contributed by atoms with Crippen LogP contribution < -0.4 is 5.32 Å². The minimum absolute atomic E-state index is 0.0860. The Labute approximate surface area is 144 Å². The molecule has 0 bridgehead atoms. The second kappa shape index (κ2) is 7.15. The molecule has 1 aromatic carbocycles. The van der Waals surface area contributed by atoms with E-state index in [0.717, 1.165) is 6.42 Å². The summed E-state index contributed by atoms with van der Waals surface area (Å²) in [6, 6.07) is 10.5. The van der Waals surface area contributed by atoms with Gasteiger partial charge in [-0.05, 0) is 48.1 Å². The summed E-state index contributed by atoms with van der Waals surface area (Å²) in [5.41, 5.74) is 1.21. The lowest BCUT2D eigenvalue weighted by molar-refractivity contribution is 0.0248. The topological polar surface area (TPSA) is 69.6 Å². The summed E-state index contributed by atoms with van der Waals surface area (Å²) in [6.07, 6.45) is 0.342. The first-order valence-electron chi connectivity index (χ1n) is 7.97. The maximum Gasteiger partial charge on any atom is 0.265 e. The number of thiophene rings is 1. The monoisotopic (exact) mass is 344 g/mol. The van der Waals surface area contributed by atoms with Crippen LogP contribution in [-0.2, 0) is 0 Å². The molecule has 24 heavy (non-hydrogen) atoms. The van der Waals surface area contributed by atoms with Gasteiger partial charge in [0.05, 0.1) is 11.0 Å². The average Bonchev–Trinajstić information content (AvgIpc) is 3.12. The summed E-state index contributed by atoms with van der Waals surface area (Å²) in [6.45, 7) is 3.03. The molecule has 1 fully saturated rings. The Hall–Kier alpha value is -2.18. The van der Waals surface area contributed by atoms with Gasteiger partial charge in [-0.2, -0.15) is 0 Å². The lowest BCUT2D eigenvalue weighted by atomic mass is 9.95. The number of amides is 2. The molecule has 1 aliphatic heterocycles. The predicted octanol–water partition coefficient (Wildman–Crippen LogP) is 2.84. The van der Waals surface area contributed by atoms with Crippen LogP contribution in [0.2, 0.25) is 0 Å². The minimum atomic E-state index is -0.466. The molecule has 3 rings (SSSR count). The minimum Gasteiger partial charge on any atom is -0.391 e. The largest absolute Gasteiger partial charge is 0.391 e. The van der Waals surface area contributed by atoms with E-state index in [1.807, 2.05) is 18.4 Å². The molecule has 126 valence electrons. The number of carbonyl (C=O) groups excluding carboxylic acids is 2. The van der Waals surface area contributed by atoms with Crippen molar-refractivity contribution in [3.05, 3.63) is 52.2 Å². The van der Waals surface area contributed by atoms with E-state index in [1.54, 1.807) is 35.2 Å². The molecule has 2 atom stereocenters. The van der Waals surface area contributed by atoms with Crippen molar-refractivity contribution in [2.75, 3.05) is 18.4 Å². The molecular weight excluding hydrogens is 324 g/mol. The SMILES string of the molecule is CC1CCN(C(=O)c2ccc(NC(=O)c3cccs3)cc2)CC1O. The number of anilines is 1. The number of carbonyl (C=O) groups is 2. The van der Waals surface area contributed by atoms with Gasteiger partial charge in [0.25, 0.3) is 11.8 Å². The first-order valence-corrected chi connectivity index (χ1v) is 8.85. The third-order valence-corrected chi connectivity index (χ3v) is 5.21. The Morgan fingerprint density at radius 2 is 2.00 bits per heavy atom. The number of nitrogens with zero attached hydrogens (tertiary/aromatic N) is 1. The van der Waals surface area contributed by atoms with Crippen molar-refractivity contribution in [3.63, 3.8) is 0 Å². The van der Waals surface area contributed by atoms with Gasteiger partial charge in [-0.3, -0.25) is 9.59 Å². The van der Waals surface area contributed by atoms with Gasteiger partial charge in [0, 0.05) is 24.3 Å². The molecule has 0 aliphatic carbocycles. The lowest BCUT2D eigenvalue weighted by Crippen LogP contribution is -2.45. The zero-order valence-electron chi connectivity index (χ0n) is 13.4.